The van der Waals surface area contributed by atoms with Crippen molar-refractivity contribution in [3.05, 3.63) is 73.9 Å². The van der Waals surface area contributed by atoms with Crippen LogP contribution in [0.1, 0.15) is 53.4 Å². The van der Waals surface area contributed by atoms with Gasteiger partial charge in [0.1, 0.15) is 5.82 Å². The highest BCUT2D eigenvalue weighted by Gasteiger charge is 2.24. The SMILES string of the molecule is CCCc1ccc(Cl)c2c(Cc3cc(F)cc(C(=O)N4CCC(OC)CC4)c3)n[nH]c(=O)c12. The number of aryl methyl sites for hydroxylation is 1. The molecule has 0 aliphatic carbocycles. The van der Waals surface area contributed by atoms with E-state index in [2.05, 4.69) is 10.2 Å². The minimum absolute atomic E-state index is 0.152. The maximum atomic E-state index is 14.5. The van der Waals surface area contributed by atoms with Crippen molar-refractivity contribution in [2.45, 2.75) is 45.1 Å². The van der Waals surface area contributed by atoms with Crippen molar-refractivity contribution >= 4 is 28.3 Å². The molecule has 0 atom stereocenters. The molecule has 0 spiro atoms. The van der Waals surface area contributed by atoms with Gasteiger partial charge in [-0.2, -0.15) is 5.10 Å². The molecule has 3 aromatic rings. The maximum absolute atomic E-state index is 14.5. The number of ether oxygens (including phenoxy) is 1. The number of nitrogens with one attached hydrogen (secondary N) is 1. The normalized spacial score (nSPS) is 14.7. The van der Waals surface area contributed by atoms with Gasteiger partial charge in [-0.3, -0.25) is 9.59 Å². The number of benzene rings is 2. The first-order chi connectivity index (χ1) is 15.9. The maximum Gasteiger partial charge on any atom is 0.272 e. The number of carbonyl (C=O) groups excluding carboxylic acids is 1. The Balaban J connectivity index is 1.67. The van der Waals surface area contributed by atoms with Crippen LogP contribution in [0.2, 0.25) is 5.02 Å². The van der Waals surface area contributed by atoms with Crippen molar-refractivity contribution in [3.63, 3.8) is 0 Å². The molecule has 2 aromatic carbocycles. The highest BCUT2D eigenvalue weighted by atomic mass is 35.5. The van der Waals surface area contributed by atoms with E-state index in [1.807, 2.05) is 13.0 Å². The highest BCUT2D eigenvalue weighted by molar-refractivity contribution is 6.35. The molecule has 4 rings (SSSR count). The fourth-order valence-electron chi connectivity index (χ4n) is 4.54. The first-order valence-corrected chi connectivity index (χ1v) is 11.6. The number of rotatable bonds is 6. The molecule has 1 saturated heterocycles. The van der Waals surface area contributed by atoms with Gasteiger partial charge >= 0.3 is 0 Å². The lowest BCUT2D eigenvalue weighted by Crippen LogP contribution is -2.40. The first-order valence-electron chi connectivity index (χ1n) is 11.2. The van der Waals surface area contributed by atoms with Gasteiger partial charge in [0.05, 0.1) is 22.2 Å². The molecule has 1 aliphatic heterocycles. The third-order valence-corrected chi connectivity index (χ3v) is 6.52. The van der Waals surface area contributed by atoms with Crippen molar-refractivity contribution in [2.75, 3.05) is 20.2 Å². The molecule has 1 aromatic heterocycles. The number of amides is 1. The van der Waals surface area contributed by atoms with Crippen LogP contribution in [0.5, 0.6) is 0 Å². The number of methoxy groups -OCH3 is 1. The molecule has 0 bridgehead atoms. The number of carbonyl (C=O) groups is 1. The number of nitrogens with zero attached hydrogens (tertiary/aromatic N) is 2. The fraction of sp³-hybridized carbons (Fsp3) is 0.400. The van der Waals surface area contributed by atoms with Gasteiger partial charge in [0.15, 0.2) is 0 Å². The Labute approximate surface area is 196 Å². The van der Waals surface area contributed by atoms with Crippen LogP contribution in [0.25, 0.3) is 10.8 Å². The van der Waals surface area contributed by atoms with Crippen LogP contribution in [0.15, 0.2) is 35.1 Å². The van der Waals surface area contributed by atoms with E-state index in [-0.39, 0.29) is 24.0 Å². The van der Waals surface area contributed by atoms with E-state index in [1.165, 1.54) is 12.1 Å². The second-order valence-corrected chi connectivity index (χ2v) is 8.87. The summed E-state index contributed by atoms with van der Waals surface area (Å²) in [4.78, 5) is 27.3. The number of fused-ring (bicyclic) bond motifs is 1. The molecule has 1 N–H and O–H groups in total. The molecule has 0 unspecified atom stereocenters. The number of hydrogen-bond acceptors (Lipinski definition) is 4. The molecular weight excluding hydrogens is 445 g/mol. The second kappa shape index (κ2) is 10.0. The zero-order chi connectivity index (χ0) is 23.5. The zero-order valence-electron chi connectivity index (χ0n) is 18.8. The van der Waals surface area contributed by atoms with E-state index in [1.54, 1.807) is 24.1 Å². The Morgan fingerprint density at radius 1 is 1.24 bits per heavy atom. The Hall–Kier alpha value is -2.77. The van der Waals surface area contributed by atoms with Gasteiger partial charge in [-0.25, -0.2) is 9.49 Å². The quantitative estimate of drug-likeness (QED) is 0.574. The summed E-state index contributed by atoms with van der Waals surface area (Å²) in [7, 11) is 1.67. The Bertz CT molecular complexity index is 1240. The predicted molar refractivity (Wildman–Crippen MR) is 127 cm³/mol. The van der Waals surface area contributed by atoms with Crippen LogP contribution in [0, 0.1) is 5.82 Å². The molecule has 174 valence electrons. The molecule has 0 radical (unpaired) electrons. The average Bonchev–Trinajstić information content (AvgIpc) is 2.81. The molecule has 1 aliphatic rings. The molecule has 2 heterocycles. The average molecular weight is 472 g/mol. The lowest BCUT2D eigenvalue weighted by atomic mass is 9.98. The Morgan fingerprint density at radius 3 is 2.70 bits per heavy atom. The van der Waals surface area contributed by atoms with Crippen molar-refractivity contribution in [1.29, 1.82) is 0 Å². The number of H-pyrrole nitrogens is 1. The van der Waals surface area contributed by atoms with Gasteiger partial charge in [0.25, 0.3) is 11.5 Å². The number of hydrogen-bond donors (Lipinski definition) is 1. The van der Waals surface area contributed by atoms with Crippen molar-refractivity contribution in [3.8, 4) is 0 Å². The zero-order valence-corrected chi connectivity index (χ0v) is 19.5. The minimum atomic E-state index is -0.492. The number of halogens is 2. The van der Waals surface area contributed by atoms with Gasteiger partial charge in [-0.15, -0.1) is 0 Å². The summed E-state index contributed by atoms with van der Waals surface area (Å²) in [5, 5.41) is 8.29. The molecule has 33 heavy (non-hydrogen) atoms. The third-order valence-electron chi connectivity index (χ3n) is 6.21. The van der Waals surface area contributed by atoms with E-state index in [9.17, 15) is 14.0 Å². The van der Waals surface area contributed by atoms with E-state index in [4.69, 9.17) is 16.3 Å². The predicted octanol–water partition coefficient (Wildman–Crippen LogP) is 4.51. The second-order valence-electron chi connectivity index (χ2n) is 8.46. The molecule has 1 amide bonds. The number of likely N-dealkylation sites (tertiary alicyclic amines) is 1. The van der Waals surface area contributed by atoms with Crippen molar-refractivity contribution in [1.82, 2.24) is 15.1 Å². The van der Waals surface area contributed by atoms with Crippen LogP contribution in [0.4, 0.5) is 4.39 Å². The molecule has 1 fully saturated rings. The van der Waals surface area contributed by atoms with E-state index in [0.29, 0.717) is 45.7 Å². The van der Waals surface area contributed by atoms with Crippen LogP contribution in [0.3, 0.4) is 0 Å². The number of aromatic nitrogens is 2. The number of aromatic amines is 1. The van der Waals surface area contributed by atoms with E-state index >= 15 is 0 Å². The Morgan fingerprint density at radius 2 is 2.00 bits per heavy atom. The fourth-order valence-corrected chi connectivity index (χ4v) is 4.81. The van der Waals surface area contributed by atoms with Crippen LogP contribution >= 0.6 is 11.6 Å². The monoisotopic (exact) mass is 471 g/mol. The van der Waals surface area contributed by atoms with Crippen molar-refractivity contribution < 1.29 is 13.9 Å². The van der Waals surface area contributed by atoms with Gasteiger partial charge in [0.2, 0.25) is 0 Å². The van der Waals surface area contributed by atoms with E-state index < -0.39 is 5.82 Å². The van der Waals surface area contributed by atoms with Crippen LogP contribution < -0.4 is 5.56 Å². The summed E-state index contributed by atoms with van der Waals surface area (Å²) in [6.45, 7) is 3.19. The Kier molecular flexibility index (Phi) is 7.10. The standard InChI is InChI=1S/C25H27ClFN3O3/c1-3-4-16-5-6-20(26)23-21(28-29-24(31)22(16)23)13-15-11-17(14-18(27)12-15)25(32)30-9-7-19(33-2)8-10-30/h5-6,11-12,14,19H,3-4,7-10,13H2,1-2H3,(H,29,31). The lowest BCUT2D eigenvalue weighted by Gasteiger charge is -2.31. The number of piperidine rings is 1. The summed E-state index contributed by atoms with van der Waals surface area (Å²) in [5.41, 5.74) is 2.03. The van der Waals surface area contributed by atoms with Gasteiger partial charge in [-0.1, -0.05) is 31.0 Å². The van der Waals surface area contributed by atoms with E-state index in [0.717, 1.165) is 31.2 Å². The highest BCUT2D eigenvalue weighted by Crippen LogP contribution is 2.29. The largest absolute Gasteiger partial charge is 0.381 e. The third kappa shape index (κ3) is 4.94. The van der Waals surface area contributed by atoms with Gasteiger partial charge in [0, 0.05) is 37.6 Å². The molecular formula is C25H27ClFN3O3. The van der Waals surface area contributed by atoms with Crippen LogP contribution in [-0.2, 0) is 17.6 Å². The summed E-state index contributed by atoms with van der Waals surface area (Å²) < 4.78 is 19.9. The minimum Gasteiger partial charge on any atom is -0.381 e. The lowest BCUT2D eigenvalue weighted by molar-refractivity contribution is 0.0350. The van der Waals surface area contributed by atoms with Gasteiger partial charge < -0.3 is 9.64 Å². The molecule has 6 nitrogen and oxygen atoms in total. The van der Waals surface area contributed by atoms with Gasteiger partial charge in [-0.05, 0) is 54.7 Å². The summed E-state index contributed by atoms with van der Waals surface area (Å²) in [5.74, 6) is -0.693. The topological polar surface area (TPSA) is 75.3 Å². The first kappa shape index (κ1) is 23.4. The van der Waals surface area contributed by atoms with Crippen molar-refractivity contribution in [2.24, 2.45) is 0 Å². The summed E-state index contributed by atoms with van der Waals surface area (Å²) in [6.07, 6.45) is 3.52. The summed E-state index contributed by atoms with van der Waals surface area (Å²) in [6, 6.07) is 7.97. The summed E-state index contributed by atoms with van der Waals surface area (Å²) >= 11 is 6.47. The molecule has 8 heteroatoms. The smallest absolute Gasteiger partial charge is 0.272 e. The molecule has 0 saturated carbocycles. The van der Waals surface area contributed by atoms with Crippen LogP contribution in [-0.4, -0.2) is 47.3 Å².